The topological polar surface area (TPSA) is 69.7 Å². The first-order valence-electron chi connectivity index (χ1n) is 6.94. The van der Waals surface area contributed by atoms with Crippen LogP contribution >= 0.6 is 0 Å². The van der Waals surface area contributed by atoms with Crippen molar-refractivity contribution in [2.75, 3.05) is 6.61 Å². The molecule has 5 heteroatoms. The number of ketones is 1. The lowest BCUT2D eigenvalue weighted by atomic mass is 9.74. The van der Waals surface area contributed by atoms with Crippen molar-refractivity contribution in [3.8, 4) is 0 Å². The first kappa shape index (κ1) is 15.2. The largest absolute Gasteiger partial charge is 0.467 e. The molecule has 0 spiro atoms. The molecule has 5 nitrogen and oxygen atoms in total. The van der Waals surface area contributed by atoms with E-state index in [-0.39, 0.29) is 19.0 Å². The highest BCUT2D eigenvalue weighted by Crippen LogP contribution is 2.36. The van der Waals surface area contributed by atoms with Crippen LogP contribution in [-0.4, -0.2) is 24.8 Å². The first-order chi connectivity index (χ1) is 10.2. The van der Waals surface area contributed by atoms with Crippen molar-refractivity contribution in [2.45, 2.75) is 32.3 Å². The van der Waals surface area contributed by atoms with E-state index in [9.17, 15) is 14.4 Å². The fraction of sp³-hybridized carbons (Fsp3) is 0.438. The molecule has 0 unspecified atom stereocenters. The third-order valence-electron chi connectivity index (χ3n) is 3.84. The normalized spacial score (nSPS) is 17.0. The van der Waals surface area contributed by atoms with Gasteiger partial charge in [-0.2, -0.15) is 0 Å². The Hall–Kier alpha value is -2.17. The van der Waals surface area contributed by atoms with Gasteiger partial charge in [0.15, 0.2) is 0 Å². The molecular formula is C16H18O5. The van der Waals surface area contributed by atoms with Crippen molar-refractivity contribution in [3.63, 3.8) is 0 Å². The molecule has 0 aliphatic heterocycles. The summed E-state index contributed by atoms with van der Waals surface area (Å²) >= 11 is 0. The van der Waals surface area contributed by atoms with Crippen molar-refractivity contribution in [1.82, 2.24) is 0 Å². The van der Waals surface area contributed by atoms with Gasteiger partial charge in [-0.15, -0.1) is 0 Å². The maximum Gasteiger partial charge on any atom is 0.315 e. The van der Waals surface area contributed by atoms with Crippen molar-refractivity contribution in [2.24, 2.45) is 5.41 Å². The van der Waals surface area contributed by atoms with Gasteiger partial charge in [-0.25, -0.2) is 0 Å². The molecule has 1 aliphatic carbocycles. The van der Waals surface area contributed by atoms with E-state index in [4.69, 9.17) is 9.47 Å². The monoisotopic (exact) mass is 290 g/mol. The average Bonchev–Trinajstić information content (AvgIpc) is 2.53. The third kappa shape index (κ3) is 3.90. The molecule has 1 aromatic carbocycles. The summed E-state index contributed by atoms with van der Waals surface area (Å²) in [5.41, 5.74) is 0.00745. The Morgan fingerprint density at radius 2 is 1.86 bits per heavy atom. The zero-order valence-electron chi connectivity index (χ0n) is 11.7. The van der Waals surface area contributed by atoms with Gasteiger partial charge in [-0.05, 0) is 18.4 Å². The van der Waals surface area contributed by atoms with Crippen LogP contribution in [0.15, 0.2) is 30.3 Å². The Morgan fingerprint density at radius 3 is 2.48 bits per heavy atom. The van der Waals surface area contributed by atoms with Crippen LogP contribution in [0.5, 0.6) is 0 Å². The summed E-state index contributed by atoms with van der Waals surface area (Å²) in [6, 6.07) is 9.36. The Balaban J connectivity index is 2.00. The average molecular weight is 290 g/mol. The molecule has 0 amide bonds. The van der Waals surface area contributed by atoms with E-state index in [1.165, 1.54) is 0 Å². The van der Waals surface area contributed by atoms with Gasteiger partial charge >= 0.3 is 5.97 Å². The number of rotatable bonds is 6. The lowest BCUT2D eigenvalue weighted by Crippen LogP contribution is -2.41. The summed E-state index contributed by atoms with van der Waals surface area (Å²) in [7, 11) is 0. The van der Waals surface area contributed by atoms with Crippen LogP contribution in [0.4, 0.5) is 0 Å². The number of Topliss-reactive ketones (excluding diaryl/α,β-unsaturated/α-hetero) is 1. The summed E-state index contributed by atoms with van der Waals surface area (Å²) < 4.78 is 10.1. The molecule has 0 aromatic heterocycles. The Kier molecular flexibility index (Phi) is 5.09. The van der Waals surface area contributed by atoms with E-state index in [0.29, 0.717) is 32.2 Å². The van der Waals surface area contributed by atoms with Crippen LogP contribution in [0.2, 0.25) is 0 Å². The summed E-state index contributed by atoms with van der Waals surface area (Å²) in [4.78, 5) is 34.2. The van der Waals surface area contributed by atoms with Gasteiger partial charge in [0.05, 0.1) is 0 Å². The lowest BCUT2D eigenvalue weighted by molar-refractivity contribution is -0.165. The number of ether oxygens (including phenoxy) is 2. The van der Waals surface area contributed by atoms with E-state index in [1.54, 1.807) is 0 Å². The van der Waals surface area contributed by atoms with Gasteiger partial charge in [0.25, 0.3) is 6.47 Å². The number of hydrogen-bond acceptors (Lipinski definition) is 5. The van der Waals surface area contributed by atoms with E-state index in [0.717, 1.165) is 5.56 Å². The van der Waals surface area contributed by atoms with Crippen molar-refractivity contribution >= 4 is 18.2 Å². The minimum absolute atomic E-state index is 0.0304. The van der Waals surface area contributed by atoms with Gasteiger partial charge in [-0.1, -0.05) is 30.3 Å². The molecule has 0 saturated heterocycles. The molecule has 1 fully saturated rings. The fourth-order valence-corrected chi connectivity index (χ4v) is 2.48. The second kappa shape index (κ2) is 7.02. The minimum atomic E-state index is -0.885. The second-order valence-corrected chi connectivity index (χ2v) is 5.29. The van der Waals surface area contributed by atoms with Crippen LogP contribution in [0.25, 0.3) is 0 Å². The maximum atomic E-state index is 12.4. The van der Waals surface area contributed by atoms with E-state index >= 15 is 0 Å². The molecule has 0 radical (unpaired) electrons. The van der Waals surface area contributed by atoms with Crippen molar-refractivity contribution in [3.05, 3.63) is 35.9 Å². The molecule has 1 saturated carbocycles. The summed E-state index contributed by atoms with van der Waals surface area (Å²) in [5.74, 6) is -0.270. The standard InChI is InChI=1S/C16H18O5/c17-12-20-11-16(8-6-14(18)7-9-16)15(19)21-10-13-4-2-1-3-5-13/h1-5,12H,6-11H2. The highest BCUT2D eigenvalue weighted by molar-refractivity contribution is 5.84. The van der Waals surface area contributed by atoms with Crippen LogP contribution in [0.3, 0.4) is 0 Å². The smallest absolute Gasteiger partial charge is 0.315 e. The quantitative estimate of drug-likeness (QED) is 0.592. The van der Waals surface area contributed by atoms with Crippen LogP contribution in [0.1, 0.15) is 31.2 Å². The summed E-state index contributed by atoms with van der Waals surface area (Å²) in [5, 5.41) is 0. The fourth-order valence-electron chi connectivity index (χ4n) is 2.48. The van der Waals surface area contributed by atoms with E-state index in [1.807, 2.05) is 30.3 Å². The zero-order valence-corrected chi connectivity index (χ0v) is 11.7. The van der Waals surface area contributed by atoms with Gasteiger partial charge in [0.2, 0.25) is 0 Å². The third-order valence-corrected chi connectivity index (χ3v) is 3.84. The summed E-state index contributed by atoms with van der Waals surface area (Å²) in [6.45, 7) is 0.469. The van der Waals surface area contributed by atoms with Gasteiger partial charge < -0.3 is 9.47 Å². The van der Waals surface area contributed by atoms with Crippen LogP contribution < -0.4 is 0 Å². The first-order valence-corrected chi connectivity index (χ1v) is 6.94. The van der Waals surface area contributed by atoms with Gasteiger partial charge in [-0.3, -0.25) is 14.4 Å². The predicted molar refractivity (Wildman–Crippen MR) is 74.2 cm³/mol. The number of benzene rings is 1. The van der Waals surface area contributed by atoms with Gasteiger partial charge in [0.1, 0.15) is 24.4 Å². The van der Waals surface area contributed by atoms with Crippen molar-refractivity contribution in [1.29, 1.82) is 0 Å². The number of carbonyl (C=O) groups is 3. The van der Waals surface area contributed by atoms with Crippen molar-refractivity contribution < 1.29 is 23.9 Å². The molecule has 2 rings (SSSR count). The molecule has 1 aromatic rings. The SMILES string of the molecule is O=COCC1(C(=O)OCc2ccccc2)CCC(=O)CC1. The molecule has 1 aliphatic rings. The Morgan fingerprint density at radius 1 is 1.19 bits per heavy atom. The van der Waals surface area contributed by atoms with Crippen LogP contribution in [-0.2, 0) is 30.5 Å². The molecule has 0 heterocycles. The Bertz CT molecular complexity index is 493. The number of hydrogen-bond donors (Lipinski definition) is 0. The maximum absolute atomic E-state index is 12.4. The summed E-state index contributed by atoms with van der Waals surface area (Å²) in [6.07, 6.45) is 1.38. The highest BCUT2D eigenvalue weighted by Gasteiger charge is 2.43. The van der Waals surface area contributed by atoms with Crippen LogP contribution in [0, 0.1) is 5.41 Å². The Labute approximate surface area is 123 Å². The van der Waals surface area contributed by atoms with Gasteiger partial charge in [0, 0.05) is 12.8 Å². The molecule has 21 heavy (non-hydrogen) atoms. The molecule has 0 N–H and O–H groups in total. The number of carbonyl (C=O) groups excluding carboxylic acids is 3. The molecule has 0 atom stereocenters. The number of esters is 1. The molecule has 0 bridgehead atoms. The van der Waals surface area contributed by atoms with E-state index < -0.39 is 11.4 Å². The molecule has 112 valence electrons. The molecular weight excluding hydrogens is 272 g/mol. The lowest BCUT2D eigenvalue weighted by Gasteiger charge is -2.33. The predicted octanol–water partition coefficient (Wildman–Crippen LogP) is 2.03. The van der Waals surface area contributed by atoms with E-state index in [2.05, 4.69) is 0 Å². The second-order valence-electron chi connectivity index (χ2n) is 5.29. The zero-order chi connectivity index (χ0) is 15.1. The minimum Gasteiger partial charge on any atom is -0.467 e. The highest BCUT2D eigenvalue weighted by atomic mass is 16.5.